The van der Waals surface area contributed by atoms with E-state index in [2.05, 4.69) is 5.32 Å². The van der Waals surface area contributed by atoms with Crippen molar-refractivity contribution < 1.29 is 9.59 Å². The molecule has 114 valence electrons. The third-order valence-electron chi connectivity index (χ3n) is 4.13. The van der Waals surface area contributed by atoms with E-state index in [1.54, 1.807) is 17.0 Å². The number of halogens is 1. The van der Waals surface area contributed by atoms with Crippen LogP contribution in [0.3, 0.4) is 0 Å². The fourth-order valence-electron chi connectivity index (χ4n) is 2.65. The molecule has 5 heteroatoms. The molecule has 2 amide bonds. The summed E-state index contributed by atoms with van der Waals surface area (Å²) in [5.41, 5.74) is 0.610. The minimum atomic E-state index is -0.502. The molecule has 3 unspecified atom stereocenters. The molecule has 0 radical (unpaired) electrons. The van der Waals surface area contributed by atoms with Crippen LogP contribution in [0.2, 0.25) is 5.02 Å². The van der Waals surface area contributed by atoms with Gasteiger partial charge in [-0.05, 0) is 24.5 Å². The Hall–Kier alpha value is -1.55. The first-order valence-corrected chi connectivity index (χ1v) is 7.77. The highest BCUT2D eigenvalue weighted by Crippen LogP contribution is 2.31. The number of carbonyl (C=O) groups excluding carboxylic acids is 2. The van der Waals surface area contributed by atoms with Gasteiger partial charge in [0.2, 0.25) is 5.91 Å². The number of benzene rings is 1. The van der Waals surface area contributed by atoms with Gasteiger partial charge in [0.15, 0.2) is 0 Å². The summed E-state index contributed by atoms with van der Waals surface area (Å²) >= 11 is 6.23. The van der Waals surface area contributed by atoms with Gasteiger partial charge in [-0.1, -0.05) is 50.9 Å². The van der Waals surface area contributed by atoms with E-state index in [-0.39, 0.29) is 17.7 Å². The minimum absolute atomic E-state index is 0.0797. The number of nitrogens with zero attached hydrogens (tertiary/aromatic N) is 1. The van der Waals surface area contributed by atoms with Crippen LogP contribution in [0, 0.1) is 5.92 Å². The lowest BCUT2D eigenvalue weighted by molar-refractivity contribution is -0.135. The molecule has 4 nitrogen and oxygen atoms in total. The molecule has 1 aromatic carbocycles. The molecule has 1 aromatic rings. The molecule has 1 heterocycles. The Kier molecular flexibility index (Phi) is 4.88. The monoisotopic (exact) mass is 308 g/mol. The number of rotatable bonds is 4. The number of nitrogens with one attached hydrogen (secondary N) is 1. The number of hydrogen-bond acceptors (Lipinski definition) is 2. The molecule has 21 heavy (non-hydrogen) atoms. The summed E-state index contributed by atoms with van der Waals surface area (Å²) in [7, 11) is 0. The lowest BCUT2D eigenvalue weighted by atomic mass is 9.93. The number of carbonyl (C=O) groups is 2. The second-order valence-corrected chi connectivity index (χ2v) is 5.86. The lowest BCUT2D eigenvalue weighted by Crippen LogP contribution is -2.65. The van der Waals surface area contributed by atoms with Crippen LogP contribution in [0.15, 0.2) is 24.3 Å². The van der Waals surface area contributed by atoms with Crippen LogP contribution in [-0.4, -0.2) is 23.9 Å². The smallest absolute Gasteiger partial charge is 0.250 e. The minimum Gasteiger partial charge on any atom is -0.342 e. The molecule has 1 aliphatic heterocycles. The predicted octanol–water partition coefficient (Wildman–Crippen LogP) is 3.00. The van der Waals surface area contributed by atoms with Crippen LogP contribution in [0.4, 0.5) is 5.69 Å². The molecule has 0 bridgehead atoms. The number of amides is 2. The molecule has 3 atom stereocenters. The molecule has 1 aliphatic rings. The van der Waals surface area contributed by atoms with Gasteiger partial charge < -0.3 is 5.32 Å². The summed E-state index contributed by atoms with van der Waals surface area (Å²) in [6, 6.07) is 6.18. The van der Waals surface area contributed by atoms with E-state index in [0.717, 1.165) is 6.42 Å². The molecule has 0 aliphatic carbocycles. The van der Waals surface area contributed by atoms with Crippen LogP contribution in [0.1, 0.15) is 33.6 Å². The molecular formula is C16H21ClN2O2. The summed E-state index contributed by atoms with van der Waals surface area (Å²) in [6.07, 6.45) is 1.37. The first kappa shape index (κ1) is 15.8. The largest absolute Gasteiger partial charge is 0.342 e. The van der Waals surface area contributed by atoms with Gasteiger partial charge in [-0.2, -0.15) is 0 Å². The van der Waals surface area contributed by atoms with Crippen LogP contribution in [0.25, 0.3) is 0 Å². The standard InChI is InChI=1S/C16H21ClN2O2/c1-4-10(3)14-16(21)19(12(5-2)15(20)18-14)13-9-7-6-8-11(13)17/h6-10,12,14H,4-5H2,1-3H3,(H,18,20). The summed E-state index contributed by atoms with van der Waals surface area (Å²) in [4.78, 5) is 26.8. The summed E-state index contributed by atoms with van der Waals surface area (Å²) in [5, 5.41) is 3.35. The highest BCUT2D eigenvalue weighted by Gasteiger charge is 2.42. The average molecular weight is 309 g/mol. The van der Waals surface area contributed by atoms with Gasteiger partial charge in [0.1, 0.15) is 12.1 Å². The fourth-order valence-corrected chi connectivity index (χ4v) is 2.88. The Morgan fingerprint density at radius 2 is 1.95 bits per heavy atom. The van der Waals surface area contributed by atoms with E-state index in [0.29, 0.717) is 17.1 Å². The van der Waals surface area contributed by atoms with Gasteiger partial charge in [0.05, 0.1) is 10.7 Å². The number of anilines is 1. The molecular weight excluding hydrogens is 288 g/mol. The van der Waals surface area contributed by atoms with E-state index < -0.39 is 12.1 Å². The van der Waals surface area contributed by atoms with Gasteiger partial charge in [-0.3, -0.25) is 14.5 Å². The first-order chi connectivity index (χ1) is 10.0. The zero-order valence-electron chi connectivity index (χ0n) is 12.6. The van der Waals surface area contributed by atoms with Crippen molar-refractivity contribution in [2.24, 2.45) is 5.92 Å². The lowest BCUT2D eigenvalue weighted by Gasteiger charge is -2.40. The Labute approximate surface area is 130 Å². The van der Waals surface area contributed by atoms with Crippen molar-refractivity contribution in [3.63, 3.8) is 0 Å². The molecule has 1 fully saturated rings. The van der Waals surface area contributed by atoms with Gasteiger partial charge in [0.25, 0.3) is 5.91 Å². The summed E-state index contributed by atoms with van der Waals surface area (Å²) in [5.74, 6) is -0.101. The maximum atomic E-state index is 12.8. The van der Waals surface area contributed by atoms with Crippen LogP contribution >= 0.6 is 11.6 Å². The molecule has 1 saturated heterocycles. The van der Waals surface area contributed by atoms with Crippen LogP contribution < -0.4 is 10.2 Å². The second-order valence-electron chi connectivity index (χ2n) is 5.46. The number of piperazine rings is 1. The zero-order chi connectivity index (χ0) is 15.6. The third kappa shape index (κ3) is 2.91. The van der Waals surface area contributed by atoms with Crippen LogP contribution in [-0.2, 0) is 9.59 Å². The quantitative estimate of drug-likeness (QED) is 0.929. The SMILES string of the molecule is CCC(C)C1NC(=O)C(CC)N(c2ccccc2Cl)C1=O. The highest BCUT2D eigenvalue weighted by atomic mass is 35.5. The number of para-hydroxylation sites is 1. The van der Waals surface area contributed by atoms with Crippen molar-refractivity contribution in [1.82, 2.24) is 5.32 Å². The predicted molar refractivity (Wildman–Crippen MR) is 84.4 cm³/mol. The maximum absolute atomic E-state index is 12.8. The number of hydrogen-bond donors (Lipinski definition) is 1. The second kappa shape index (κ2) is 6.48. The van der Waals surface area contributed by atoms with Gasteiger partial charge in [0, 0.05) is 0 Å². The summed E-state index contributed by atoms with van der Waals surface area (Å²) in [6.45, 7) is 5.88. The highest BCUT2D eigenvalue weighted by molar-refractivity contribution is 6.34. The molecule has 2 rings (SSSR count). The van der Waals surface area contributed by atoms with Crippen molar-refractivity contribution in [3.05, 3.63) is 29.3 Å². The molecule has 0 saturated carbocycles. The van der Waals surface area contributed by atoms with Gasteiger partial charge in [-0.15, -0.1) is 0 Å². The molecule has 1 N–H and O–H groups in total. The normalized spacial score (nSPS) is 23.9. The topological polar surface area (TPSA) is 49.4 Å². The Morgan fingerprint density at radius 1 is 1.29 bits per heavy atom. The third-order valence-corrected chi connectivity index (χ3v) is 4.45. The Bertz CT molecular complexity index is 547. The van der Waals surface area contributed by atoms with E-state index in [1.807, 2.05) is 32.9 Å². The maximum Gasteiger partial charge on any atom is 0.250 e. The molecule has 0 aromatic heterocycles. The van der Waals surface area contributed by atoms with E-state index >= 15 is 0 Å². The first-order valence-electron chi connectivity index (χ1n) is 7.39. The van der Waals surface area contributed by atoms with Crippen molar-refractivity contribution in [1.29, 1.82) is 0 Å². The molecule has 0 spiro atoms. The Morgan fingerprint density at radius 3 is 2.52 bits per heavy atom. The van der Waals surface area contributed by atoms with Crippen molar-refractivity contribution >= 4 is 29.1 Å². The van der Waals surface area contributed by atoms with Crippen molar-refractivity contribution in [2.75, 3.05) is 4.90 Å². The van der Waals surface area contributed by atoms with Gasteiger partial charge in [-0.25, -0.2) is 0 Å². The van der Waals surface area contributed by atoms with Crippen molar-refractivity contribution in [2.45, 2.75) is 45.7 Å². The van der Waals surface area contributed by atoms with Gasteiger partial charge >= 0.3 is 0 Å². The van der Waals surface area contributed by atoms with E-state index in [1.165, 1.54) is 0 Å². The van der Waals surface area contributed by atoms with E-state index in [9.17, 15) is 9.59 Å². The average Bonchev–Trinajstić information content (AvgIpc) is 2.49. The fraction of sp³-hybridized carbons (Fsp3) is 0.500. The Balaban J connectivity index is 2.45. The zero-order valence-corrected chi connectivity index (χ0v) is 13.4. The van der Waals surface area contributed by atoms with Crippen LogP contribution in [0.5, 0.6) is 0 Å². The van der Waals surface area contributed by atoms with E-state index in [4.69, 9.17) is 11.6 Å². The van der Waals surface area contributed by atoms with Crippen molar-refractivity contribution in [3.8, 4) is 0 Å². The summed E-state index contributed by atoms with van der Waals surface area (Å²) < 4.78 is 0.